The number of ether oxygens (including phenoxy) is 1. The summed E-state index contributed by atoms with van der Waals surface area (Å²) >= 11 is 0. The third-order valence-corrected chi connectivity index (χ3v) is 5.12. The molecule has 2 aromatic carbocycles. The van der Waals surface area contributed by atoms with Crippen molar-refractivity contribution in [1.82, 2.24) is 9.88 Å². The Labute approximate surface area is 177 Å². The van der Waals surface area contributed by atoms with Crippen LogP contribution in [0.2, 0.25) is 0 Å². The molecule has 1 aromatic heterocycles. The highest BCUT2D eigenvalue weighted by atomic mass is 19.1. The van der Waals surface area contributed by atoms with Crippen LogP contribution in [0.1, 0.15) is 16.1 Å². The van der Waals surface area contributed by atoms with Gasteiger partial charge in [0.1, 0.15) is 17.2 Å². The highest BCUT2D eigenvalue weighted by Crippen LogP contribution is 2.33. The number of benzene rings is 2. The molecule has 4 N–H and O–H groups in total. The number of nitrogens with two attached hydrogens (primary N) is 2. The Balaban J connectivity index is 1.67. The number of aromatic nitrogens is 1. The van der Waals surface area contributed by atoms with Crippen molar-refractivity contribution in [3.8, 4) is 22.8 Å². The molecule has 3 aromatic rings. The molecule has 31 heavy (non-hydrogen) atoms. The van der Waals surface area contributed by atoms with Gasteiger partial charge in [-0.1, -0.05) is 24.3 Å². The van der Waals surface area contributed by atoms with Crippen LogP contribution in [0.25, 0.3) is 22.8 Å². The van der Waals surface area contributed by atoms with Gasteiger partial charge in [0.05, 0.1) is 12.7 Å². The number of hydrogen-bond acceptors (Lipinski definition) is 6. The predicted molar refractivity (Wildman–Crippen MR) is 110 cm³/mol. The third kappa shape index (κ3) is 4.48. The zero-order chi connectivity index (χ0) is 22.0. The summed E-state index contributed by atoms with van der Waals surface area (Å²) in [4.78, 5) is 18.2. The maximum Gasteiger partial charge on any atom is 0.271 e. The Bertz CT molecular complexity index is 1080. The van der Waals surface area contributed by atoms with Crippen LogP contribution in [0.15, 0.2) is 46.9 Å². The van der Waals surface area contributed by atoms with Gasteiger partial charge in [-0.25, -0.2) is 13.8 Å². The fourth-order valence-corrected chi connectivity index (χ4v) is 3.63. The van der Waals surface area contributed by atoms with Crippen LogP contribution in [0, 0.1) is 11.6 Å². The first-order valence-corrected chi connectivity index (χ1v) is 9.84. The Morgan fingerprint density at radius 2 is 1.94 bits per heavy atom. The average Bonchev–Trinajstić information content (AvgIpc) is 3.19. The van der Waals surface area contributed by atoms with E-state index < -0.39 is 23.1 Å². The lowest BCUT2D eigenvalue weighted by Gasteiger charge is -2.32. The second kappa shape index (κ2) is 8.93. The molecule has 0 aliphatic carbocycles. The van der Waals surface area contributed by atoms with Crippen molar-refractivity contribution in [2.75, 3.05) is 26.2 Å². The first-order chi connectivity index (χ1) is 15.0. The molecule has 162 valence electrons. The van der Waals surface area contributed by atoms with E-state index in [4.69, 9.17) is 20.6 Å². The zero-order valence-electron chi connectivity index (χ0n) is 16.7. The number of amides is 1. The first-order valence-electron chi connectivity index (χ1n) is 9.84. The molecule has 0 radical (unpaired) electrons. The van der Waals surface area contributed by atoms with Gasteiger partial charge in [-0.15, -0.1) is 0 Å². The monoisotopic (exact) mass is 428 g/mol. The lowest BCUT2D eigenvalue weighted by molar-refractivity contribution is -0.0260. The average molecular weight is 428 g/mol. The third-order valence-electron chi connectivity index (χ3n) is 5.12. The molecule has 1 atom stereocenters. The van der Waals surface area contributed by atoms with E-state index in [0.29, 0.717) is 31.8 Å². The Morgan fingerprint density at radius 3 is 2.65 bits per heavy atom. The van der Waals surface area contributed by atoms with Gasteiger partial charge in [0, 0.05) is 31.7 Å². The molecule has 4 rings (SSSR count). The summed E-state index contributed by atoms with van der Waals surface area (Å²) in [6, 6.07) is 10.7. The second-order valence-corrected chi connectivity index (χ2v) is 7.32. The van der Waals surface area contributed by atoms with Gasteiger partial charge < -0.3 is 20.6 Å². The summed E-state index contributed by atoms with van der Waals surface area (Å²) < 4.78 is 39.6. The van der Waals surface area contributed by atoms with Crippen molar-refractivity contribution in [3.63, 3.8) is 0 Å². The number of hydrogen-bond donors (Lipinski definition) is 2. The van der Waals surface area contributed by atoms with E-state index in [1.54, 1.807) is 6.07 Å². The summed E-state index contributed by atoms with van der Waals surface area (Å²) in [7, 11) is 0. The van der Waals surface area contributed by atoms with Gasteiger partial charge in [0.15, 0.2) is 11.5 Å². The Hall–Kier alpha value is -3.14. The molecular formula is C22H22F2N4O3. The highest BCUT2D eigenvalue weighted by molar-refractivity contribution is 5.97. The van der Waals surface area contributed by atoms with Crippen LogP contribution in [-0.4, -0.2) is 48.1 Å². The highest BCUT2D eigenvalue weighted by Gasteiger charge is 2.25. The molecule has 1 aliphatic heterocycles. The van der Waals surface area contributed by atoms with Crippen LogP contribution in [0.5, 0.6) is 0 Å². The lowest BCUT2D eigenvalue weighted by Crippen LogP contribution is -2.45. The molecule has 1 aliphatic rings. The van der Waals surface area contributed by atoms with Crippen molar-refractivity contribution in [2.24, 2.45) is 11.5 Å². The van der Waals surface area contributed by atoms with Crippen LogP contribution in [0.3, 0.4) is 0 Å². The Kier molecular flexibility index (Phi) is 6.08. The van der Waals surface area contributed by atoms with E-state index >= 15 is 0 Å². The smallest absolute Gasteiger partial charge is 0.271 e. The number of halogens is 2. The number of carbonyl (C=O) groups excluding carboxylic acids is 1. The van der Waals surface area contributed by atoms with Gasteiger partial charge in [-0.05, 0) is 23.8 Å². The molecule has 0 spiro atoms. The number of oxazole rings is 1. The molecule has 0 saturated carbocycles. The topological polar surface area (TPSA) is 108 Å². The number of morpholine rings is 1. The summed E-state index contributed by atoms with van der Waals surface area (Å²) in [5.41, 5.74) is 12.0. The second-order valence-electron chi connectivity index (χ2n) is 7.32. The van der Waals surface area contributed by atoms with Crippen LogP contribution in [-0.2, 0) is 11.3 Å². The Morgan fingerprint density at radius 1 is 1.19 bits per heavy atom. The minimum absolute atomic E-state index is 0.00843. The van der Waals surface area contributed by atoms with Gasteiger partial charge in [-0.3, -0.25) is 9.69 Å². The van der Waals surface area contributed by atoms with Gasteiger partial charge in [-0.2, -0.15) is 0 Å². The quantitative estimate of drug-likeness (QED) is 0.625. The fourth-order valence-electron chi connectivity index (χ4n) is 3.63. The van der Waals surface area contributed by atoms with Gasteiger partial charge in [0.25, 0.3) is 5.91 Å². The fraction of sp³-hybridized carbons (Fsp3) is 0.273. The number of carbonyl (C=O) groups is 1. The van der Waals surface area contributed by atoms with E-state index in [9.17, 15) is 13.6 Å². The molecule has 1 unspecified atom stereocenters. The predicted octanol–water partition coefficient (Wildman–Crippen LogP) is 2.55. The molecule has 7 nitrogen and oxygen atoms in total. The maximum atomic E-state index is 14.2. The van der Waals surface area contributed by atoms with Crippen molar-refractivity contribution >= 4 is 5.91 Å². The summed E-state index contributed by atoms with van der Waals surface area (Å²) in [6.45, 7) is 3.18. The minimum atomic E-state index is -0.855. The van der Waals surface area contributed by atoms with Crippen molar-refractivity contribution in [2.45, 2.75) is 12.6 Å². The first kappa shape index (κ1) is 21.1. The van der Waals surface area contributed by atoms with E-state index in [0.717, 1.165) is 24.2 Å². The van der Waals surface area contributed by atoms with Gasteiger partial charge >= 0.3 is 0 Å². The maximum absolute atomic E-state index is 14.2. The number of rotatable bonds is 6. The van der Waals surface area contributed by atoms with Crippen LogP contribution < -0.4 is 11.5 Å². The summed E-state index contributed by atoms with van der Waals surface area (Å²) in [5, 5.41) is 0. The molecule has 0 bridgehead atoms. The number of primary amides is 1. The van der Waals surface area contributed by atoms with Crippen molar-refractivity contribution < 1.29 is 22.7 Å². The van der Waals surface area contributed by atoms with Crippen LogP contribution in [0.4, 0.5) is 8.78 Å². The van der Waals surface area contributed by atoms with E-state index in [1.165, 1.54) is 6.07 Å². The van der Waals surface area contributed by atoms with Gasteiger partial charge in [0.2, 0.25) is 5.89 Å². The van der Waals surface area contributed by atoms with E-state index in [2.05, 4.69) is 9.88 Å². The van der Waals surface area contributed by atoms with Crippen LogP contribution >= 0.6 is 0 Å². The molecule has 2 heterocycles. The SMILES string of the molecule is NCC1CN(Cc2cccc(-c3oc(-c4c(F)cccc4F)nc3C(N)=O)c2)CCO1. The minimum Gasteiger partial charge on any atom is -0.435 e. The summed E-state index contributed by atoms with van der Waals surface area (Å²) in [6.07, 6.45) is -0.00843. The molecular weight excluding hydrogens is 406 g/mol. The zero-order valence-corrected chi connectivity index (χ0v) is 16.7. The largest absolute Gasteiger partial charge is 0.435 e. The molecule has 1 amide bonds. The molecule has 9 heteroatoms. The lowest BCUT2D eigenvalue weighted by atomic mass is 10.1. The molecule has 1 fully saturated rings. The van der Waals surface area contributed by atoms with E-state index in [1.807, 2.05) is 18.2 Å². The van der Waals surface area contributed by atoms with Crippen molar-refractivity contribution in [1.29, 1.82) is 0 Å². The summed E-state index contributed by atoms with van der Waals surface area (Å²) in [5.74, 6) is -2.83. The van der Waals surface area contributed by atoms with E-state index in [-0.39, 0.29) is 23.4 Å². The van der Waals surface area contributed by atoms with Crippen molar-refractivity contribution in [3.05, 3.63) is 65.4 Å². The normalized spacial score (nSPS) is 17.1. The number of nitrogens with zero attached hydrogens (tertiary/aromatic N) is 2. The molecule has 1 saturated heterocycles. The standard InChI is InChI=1S/C22H22F2N4O3/c23-16-5-2-6-17(24)18(16)22-27-19(21(26)29)20(31-22)14-4-1-3-13(9-14)11-28-7-8-30-15(10-25)12-28/h1-6,9,15H,7-8,10-12,25H2,(H2,26,29).